The number of nitrogens with one attached hydrogen (secondary N) is 2. The summed E-state index contributed by atoms with van der Waals surface area (Å²) in [6.07, 6.45) is 2.42. The molecule has 2 N–H and O–H groups in total. The highest BCUT2D eigenvalue weighted by molar-refractivity contribution is 7.71. The molecule has 2 atom stereocenters. The molecule has 1 aromatic heterocycles. The minimum atomic E-state index is 0.636. The van der Waals surface area contributed by atoms with Crippen LogP contribution in [-0.4, -0.2) is 9.97 Å². The largest absolute Gasteiger partial charge is 0.334 e. The molecule has 66 valence electrons. The van der Waals surface area contributed by atoms with Crippen LogP contribution in [0.4, 0.5) is 0 Å². The second kappa shape index (κ2) is 2.73. The Morgan fingerprint density at radius 1 is 1.33 bits per heavy atom. The average molecular weight is 182 g/mol. The standard InChI is InChI=1S/C9H14N2S/c1-5-3-6(2)8-7(4-5)10-9(12)11-8/h5-6H,3-4H2,1-2H3,(H2,10,11,12). The van der Waals surface area contributed by atoms with Gasteiger partial charge in [0, 0.05) is 11.4 Å². The lowest BCUT2D eigenvalue weighted by atomic mass is 9.84. The van der Waals surface area contributed by atoms with Crippen LogP contribution in [-0.2, 0) is 6.42 Å². The Hall–Kier alpha value is -0.570. The normalized spacial score (nSPS) is 28.5. The Kier molecular flexibility index (Phi) is 1.83. The first kappa shape index (κ1) is 8.05. The molecule has 1 aromatic rings. The molecule has 0 aromatic carbocycles. The summed E-state index contributed by atoms with van der Waals surface area (Å²) in [4.78, 5) is 6.44. The third-order valence-electron chi connectivity index (χ3n) is 2.64. The molecule has 0 spiro atoms. The lowest BCUT2D eigenvalue weighted by Crippen LogP contribution is -2.14. The molecule has 0 saturated heterocycles. The van der Waals surface area contributed by atoms with E-state index in [9.17, 15) is 0 Å². The minimum Gasteiger partial charge on any atom is -0.334 e. The van der Waals surface area contributed by atoms with Crippen molar-refractivity contribution in [3.63, 3.8) is 0 Å². The van der Waals surface area contributed by atoms with E-state index >= 15 is 0 Å². The summed E-state index contributed by atoms with van der Waals surface area (Å²) in [5.41, 5.74) is 2.66. The quantitative estimate of drug-likeness (QED) is 0.594. The molecule has 0 aliphatic heterocycles. The zero-order valence-electron chi connectivity index (χ0n) is 7.48. The van der Waals surface area contributed by atoms with Crippen molar-refractivity contribution in [2.45, 2.75) is 32.6 Å². The zero-order valence-corrected chi connectivity index (χ0v) is 8.29. The van der Waals surface area contributed by atoms with Gasteiger partial charge in [-0.05, 0) is 36.9 Å². The summed E-state index contributed by atoms with van der Waals surface area (Å²) in [6.45, 7) is 4.55. The van der Waals surface area contributed by atoms with Gasteiger partial charge in [-0.15, -0.1) is 0 Å². The van der Waals surface area contributed by atoms with Crippen LogP contribution >= 0.6 is 12.2 Å². The first-order valence-electron chi connectivity index (χ1n) is 4.48. The predicted molar refractivity (Wildman–Crippen MR) is 51.9 cm³/mol. The van der Waals surface area contributed by atoms with Crippen molar-refractivity contribution in [1.29, 1.82) is 0 Å². The Balaban J connectivity index is 2.46. The molecule has 12 heavy (non-hydrogen) atoms. The van der Waals surface area contributed by atoms with Crippen molar-refractivity contribution in [2.75, 3.05) is 0 Å². The van der Waals surface area contributed by atoms with E-state index in [1.54, 1.807) is 0 Å². The van der Waals surface area contributed by atoms with Crippen molar-refractivity contribution in [1.82, 2.24) is 9.97 Å². The maximum absolute atomic E-state index is 5.06. The van der Waals surface area contributed by atoms with Gasteiger partial charge in [0.15, 0.2) is 4.77 Å². The number of aromatic amines is 2. The molecule has 1 aliphatic rings. The summed E-state index contributed by atoms with van der Waals surface area (Å²) in [7, 11) is 0. The van der Waals surface area contributed by atoms with Crippen molar-refractivity contribution in [3.8, 4) is 0 Å². The van der Waals surface area contributed by atoms with Crippen molar-refractivity contribution in [3.05, 3.63) is 16.2 Å². The van der Waals surface area contributed by atoms with Crippen LogP contribution in [0.3, 0.4) is 0 Å². The van der Waals surface area contributed by atoms with E-state index in [-0.39, 0.29) is 0 Å². The monoisotopic (exact) mass is 182 g/mol. The van der Waals surface area contributed by atoms with Gasteiger partial charge in [0.05, 0.1) is 0 Å². The second-order valence-electron chi connectivity index (χ2n) is 3.92. The SMILES string of the molecule is CC1Cc2[nH]c(=S)[nH]c2C(C)C1. The molecule has 0 fully saturated rings. The smallest absolute Gasteiger partial charge is 0.174 e. The van der Waals surface area contributed by atoms with E-state index < -0.39 is 0 Å². The lowest BCUT2D eigenvalue weighted by molar-refractivity contribution is 0.440. The Morgan fingerprint density at radius 2 is 2.08 bits per heavy atom. The van der Waals surface area contributed by atoms with Crippen LogP contribution in [0, 0.1) is 10.7 Å². The number of hydrogen-bond acceptors (Lipinski definition) is 1. The van der Waals surface area contributed by atoms with Crippen molar-refractivity contribution >= 4 is 12.2 Å². The first-order valence-corrected chi connectivity index (χ1v) is 4.88. The maximum Gasteiger partial charge on any atom is 0.174 e. The van der Waals surface area contributed by atoms with E-state index in [0.29, 0.717) is 5.92 Å². The Morgan fingerprint density at radius 3 is 2.83 bits per heavy atom. The van der Waals surface area contributed by atoms with Gasteiger partial charge < -0.3 is 9.97 Å². The van der Waals surface area contributed by atoms with E-state index in [0.717, 1.165) is 17.1 Å². The number of aromatic nitrogens is 2. The predicted octanol–water partition coefficient (Wildman–Crippen LogP) is 2.76. The molecular formula is C9H14N2S. The minimum absolute atomic E-state index is 0.636. The second-order valence-corrected chi connectivity index (χ2v) is 4.33. The van der Waals surface area contributed by atoms with Gasteiger partial charge in [-0.3, -0.25) is 0 Å². The molecule has 0 amide bonds. The maximum atomic E-state index is 5.06. The third-order valence-corrected chi connectivity index (χ3v) is 2.84. The van der Waals surface area contributed by atoms with Gasteiger partial charge in [0.25, 0.3) is 0 Å². The number of hydrogen-bond donors (Lipinski definition) is 2. The highest BCUT2D eigenvalue weighted by Gasteiger charge is 2.22. The molecule has 1 aliphatic carbocycles. The van der Waals surface area contributed by atoms with Crippen LogP contribution in [0.25, 0.3) is 0 Å². The molecular weight excluding hydrogens is 168 g/mol. The summed E-state index contributed by atoms with van der Waals surface area (Å²) in [6, 6.07) is 0. The van der Waals surface area contributed by atoms with E-state index in [2.05, 4.69) is 23.8 Å². The number of imidazole rings is 1. The van der Waals surface area contributed by atoms with Gasteiger partial charge in [-0.1, -0.05) is 13.8 Å². The molecule has 2 nitrogen and oxygen atoms in total. The first-order chi connectivity index (χ1) is 5.66. The van der Waals surface area contributed by atoms with Crippen LogP contribution < -0.4 is 0 Å². The molecule has 0 radical (unpaired) electrons. The van der Waals surface area contributed by atoms with Crippen molar-refractivity contribution < 1.29 is 0 Å². The van der Waals surface area contributed by atoms with Gasteiger partial charge in [0.1, 0.15) is 0 Å². The third kappa shape index (κ3) is 1.22. The molecule has 3 heteroatoms. The van der Waals surface area contributed by atoms with Gasteiger partial charge >= 0.3 is 0 Å². The van der Waals surface area contributed by atoms with Gasteiger partial charge in [0.2, 0.25) is 0 Å². The summed E-state index contributed by atoms with van der Waals surface area (Å²) in [5, 5.41) is 0. The molecule has 2 rings (SSSR count). The summed E-state index contributed by atoms with van der Waals surface area (Å²) >= 11 is 5.06. The van der Waals surface area contributed by atoms with E-state index in [1.807, 2.05) is 0 Å². The highest BCUT2D eigenvalue weighted by Crippen LogP contribution is 2.31. The van der Waals surface area contributed by atoms with E-state index in [4.69, 9.17) is 12.2 Å². The summed E-state index contributed by atoms with van der Waals surface area (Å²) < 4.78 is 0.779. The fourth-order valence-corrected chi connectivity index (χ4v) is 2.40. The van der Waals surface area contributed by atoms with Gasteiger partial charge in [-0.2, -0.15) is 0 Å². The number of H-pyrrole nitrogens is 2. The molecule has 0 saturated carbocycles. The highest BCUT2D eigenvalue weighted by atomic mass is 32.1. The van der Waals surface area contributed by atoms with Crippen LogP contribution in [0.15, 0.2) is 0 Å². The Labute approximate surface area is 77.4 Å². The van der Waals surface area contributed by atoms with Crippen molar-refractivity contribution in [2.24, 2.45) is 5.92 Å². The van der Waals surface area contributed by atoms with Crippen LogP contribution in [0.2, 0.25) is 0 Å². The zero-order chi connectivity index (χ0) is 8.72. The summed E-state index contributed by atoms with van der Waals surface area (Å²) in [5.74, 6) is 1.42. The molecule has 2 unspecified atom stereocenters. The van der Waals surface area contributed by atoms with Crippen LogP contribution in [0.5, 0.6) is 0 Å². The van der Waals surface area contributed by atoms with Crippen LogP contribution in [0.1, 0.15) is 37.6 Å². The fraction of sp³-hybridized carbons (Fsp3) is 0.667. The van der Waals surface area contributed by atoms with E-state index in [1.165, 1.54) is 17.8 Å². The Bertz CT molecular complexity index is 337. The molecule has 1 heterocycles. The fourth-order valence-electron chi connectivity index (χ4n) is 2.17. The lowest BCUT2D eigenvalue weighted by Gasteiger charge is -2.23. The topological polar surface area (TPSA) is 31.6 Å². The molecule has 0 bridgehead atoms. The van der Waals surface area contributed by atoms with Gasteiger partial charge in [-0.25, -0.2) is 0 Å². The number of fused-ring (bicyclic) bond motifs is 1. The number of rotatable bonds is 0. The average Bonchev–Trinajstić information content (AvgIpc) is 2.29.